The summed E-state index contributed by atoms with van der Waals surface area (Å²) < 4.78 is 5.82. The summed E-state index contributed by atoms with van der Waals surface area (Å²) in [5.74, 6) is 0.932. The first kappa shape index (κ1) is 12.4. The Balaban J connectivity index is 1.81. The lowest BCUT2D eigenvalue weighted by Gasteiger charge is -2.21. The minimum Gasteiger partial charge on any atom is -0.492 e. The first-order valence-electron chi connectivity index (χ1n) is 6.46. The van der Waals surface area contributed by atoms with Crippen LogP contribution in [0.15, 0.2) is 24.3 Å². The number of hydrogen-bond acceptors (Lipinski definition) is 3. The molecule has 0 spiro atoms. The molecule has 1 atom stereocenters. The van der Waals surface area contributed by atoms with E-state index in [-0.39, 0.29) is 0 Å². The van der Waals surface area contributed by atoms with E-state index in [4.69, 9.17) is 10.5 Å². The van der Waals surface area contributed by atoms with E-state index in [2.05, 4.69) is 11.8 Å². The average molecular weight is 234 g/mol. The molecule has 1 aromatic rings. The molecule has 1 aliphatic rings. The average Bonchev–Trinajstić information content (AvgIpc) is 2.76. The van der Waals surface area contributed by atoms with Crippen LogP contribution in [0.2, 0.25) is 0 Å². The molecular formula is C14H22N2O. The SMILES string of the molecule is CC1CCCN1CCOc1ccccc1CN. The zero-order valence-electron chi connectivity index (χ0n) is 10.6. The van der Waals surface area contributed by atoms with Crippen molar-refractivity contribution in [3.63, 3.8) is 0 Å². The van der Waals surface area contributed by atoms with Gasteiger partial charge in [0.05, 0.1) is 0 Å². The van der Waals surface area contributed by atoms with Crippen LogP contribution in [-0.4, -0.2) is 30.6 Å². The maximum Gasteiger partial charge on any atom is 0.123 e. The van der Waals surface area contributed by atoms with Gasteiger partial charge in [-0.15, -0.1) is 0 Å². The Morgan fingerprint density at radius 1 is 1.41 bits per heavy atom. The Morgan fingerprint density at radius 3 is 2.94 bits per heavy atom. The molecule has 3 nitrogen and oxygen atoms in total. The topological polar surface area (TPSA) is 38.5 Å². The number of hydrogen-bond donors (Lipinski definition) is 1. The molecule has 1 saturated heterocycles. The second-order valence-electron chi connectivity index (χ2n) is 4.69. The van der Waals surface area contributed by atoms with Crippen LogP contribution in [0.5, 0.6) is 5.75 Å². The zero-order valence-corrected chi connectivity index (χ0v) is 10.6. The summed E-state index contributed by atoms with van der Waals surface area (Å²) in [5, 5.41) is 0. The second kappa shape index (κ2) is 6.03. The molecule has 0 radical (unpaired) electrons. The maximum absolute atomic E-state index is 5.82. The van der Waals surface area contributed by atoms with E-state index in [1.807, 2.05) is 24.3 Å². The van der Waals surface area contributed by atoms with E-state index in [1.54, 1.807) is 0 Å². The first-order chi connectivity index (χ1) is 8.31. The van der Waals surface area contributed by atoms with Gasteiger partial charge in [-0.05, 0) is 32.4 Å². The van der Waals surface area contributed by atoms with Crippen LogP contribution in [0.1, 0.15) is 25.3 Å². The van der Waals surface area contributed by atoms with E-state index in [1.165, 1.54) is 19.4 Å². The van der Waals surface area contributed by atoms with Crippen molar-refractivity contribution in [3.8, 4) is 5.75 Å². The van der Waals surface area contributed by atoms with E-state index in [9.17, 15) is 0 Å². The summed E-state index contributed by atoms with van der Waals surface area (Å²) in [4.78, 5) is 2.49. The number of nitrogens with zero attached hydrogens (tertiary/aromatic N) is 1. The third-order valence-corrected chi connectivity index (χ3v) is 3.52. The fourth-order valence-corrected chi connectivity index (χ4v) is 2.41. The highest BCUT2D eigenvalue weighted by Gasteiger charge is 2.19. The van der Waals surface area contributed by atoms with Crippen molar-refractivity contribution in [2.75, 3.05) is 19.7 Å². The maximum atomic E-state index is 5.82. The molecule has 1 aliphatic heterocycles. The zero-order chi connectivity index (χ0) is 12.1. The summed E-state index contributed by atoms with van der Waals surface area (Å²) in [6.45, 7) is 5.81. The molecule has 0 bridgehead atoms. The number of ether oxygens (including phenoxy) is 1. The monoisotopic (exact) mass is 234 g/mol. The molecule has 0 amide bonds. The second-order valence-corrected chi connectivity index (χ2v) is 4.69. The molecule has 0 saturated carbocycles. The highest BCUT2D eigenvalue weighted by molar-refractivity contribution is 5.32. The molecule has 2 N–H and O–H groups in total. The molecule has 0 aromatic heterocycles. The van der Waals surface area contributed by atoms with Gasteiger partial charge in [0.1, 0.15) is 12.4 Å². The van der Waals surface area contributed by atoms with Crippen molar-refractivity contribution in [1.82, 2.24) is 4.90 Å². The van der Waals surface area contributed by atoms with E-state index in [0.29, 0.717) is 12.6 Å². The highest BCUT2D eigenvalue weighted by atomic mass is 16.5. The highest BCUT2D eigenvalue weighted by Crippen LogP contribution is 2.18. The van der Waals surface area contributed by atoms with Gasteiger partial charge in [-0.2, -0.15) is 0 Å². The minimum atomic E-state index is 0.538. The van der Waals surface area contributed by atoms with Gasteiger partial charge in [-0.25, -0.2) is 0 Å². The van der Waals surface area contributed by atoms with Gasteiger partial charge in [0.25, 0.3) is 0 Å². The molecule has 17 heavy (non-hydrogen) atoms. The van der Waals surface area contributed by atoms with Crippen molar-refractivity contribution >= 4 is 0 Å². The van der Waals surface area contributed by atoms with Crippen molar-refractivity contribution in [3.05, 3.63) is 29.8 Å². The van der Waals surface area contributed by atoms with Gasteiger partial charge < -0.3 is 10.5 Å². The van der Waals surface area contributed by atoms with Crippen LogP contribution >= 0.6 is 0 Å². The third-order valence-electron chi connectivity index (χ3n) is 3.52. The number of nitrogens with two attached hydrogens (primary N) is 1. The fourth-order valence-electron chi connectivity index (χ4n) is 2.41. The molecule has 0 aliphatic carbocycles. The number of para-hydroxylation sites is 1. The van der Waals surface area contributed by atoms with Crippen molar-refractivity contribution in [2.24, 2.45) is 5.73 Å². The number of likely N-dealkylation sites (tertiary alicyclic amines) is 1. The van der Waals surface area contributed by atoms with Gasteiger partial charge in [0.15, 0.2) is 0 Å². The standard InChI is InChI=1S/C14H22N2O/c1-12-5-4-8-16(12)9-10-17-14-7-3-2-6-13(14)11-15/h2-3,6-7,12H,4-5,8-11,15H2,1H3. The Bertz CT molecular complexity index is 354. The van der Waals surface area contributed by atoms with Crippen molar-refractivity contribution in [2.45, 2.75) is 32.4 Å². The molecule has 1 aromatic carbocycles. The van der Waals surface area contributed by atoms with Gasteiger partial charge >= 0.3 is 0 Å². The van der Waals surface area contributed by atoms with Crippen LogP contribution in [-0.2, 0) is 6.54 Å². The lowest BCUT2D eigenvalue weighted by molar-refractivity contribution is 0.204. The van der Waals surface area contributed by atoms with Crippen LogP contribution in [0.3, 0.4) is 0 Å². The minimum absolute atomic E-state index is 0.538. The summed E-state index contributed by atoms with van der Waals surface area (Å²) in [6.07, 6.45) is 2.64. The largest absolute Gasteiger partial charge is 0.492 e. The van der Waals surface area contributed by atoms with Crippen LogP contribution in [0.25, 0.3) is 0 Å². The number of benzene rings is 1. The Hall–Kier alpha value is -1.06. The smallest absolute Gasteiger partial charge is 0.123 e. The quantitative estimate of drug-likeness (QED) is 0.847. The molecule has 94 valence electrons. The Morgan fingerprint density at radius 2 is 2.24 bits per heavy atom. The molecule has 1 heterocycles. The first-order valence-corrected chi connectivity index (χ1v) is 6.46. The van der Waals surface area contributed by atoms with Crippen LogP contribution in [0, 0.1) is 0 Å². The Labute approximate surface area is 104 Å². The van der Waals surface area contributed by atoms with Crippen LogP contribution in [0.4, 0.5) is 0 Å². The lowest BCUT2D eigenvalue weighted by atomic mass is 10.2. The van der Waals surface area contributed by atoms with Gasteiger partial charge in [-0.1, -0.05) is 18.2 Å². The van der Waals surface area contributed by atoms with Gasteiger partial charge in [-0.3, -0.25) is 4.90 Å². The summed E-state index contributed by atoms with van der Waals surface area (Å²) >= 11 is 0. The van der Waals surface area contributed by atoms with Crippen molar-refractivity contribution < 1.29 is 4.74 Å². The van der Waals surface area contributed by atoms with E-state index in [0.717, 1.165) is 24.5 Å². The molecule has 1 unspecified atom stereocenters. The molecule has 3 heteroatoms. The van der Waals surface area contributed by atoms with Gasteiger partial charge in [0.2, 0.25) is 0 Å². The van der Waals surface area contributed by atoms with Crippen molar-refractivity contribution in [1.29, 1.82) is 0 Å². The van der Waals surface area contributed by atoms with Crippen LogP contribution < -0.4 is 10.5 Å². The van der Waals surface area contributed by atoms with Gasteiger partial charge in [0, 0.05) is 24.7 Å². The summed E-state index contributed by atoms with van der Waals surface area (Å²) in [5.41, 5.74) is 6.76. The molecule has 1 fully saturated rings. The normalized spacial score (nSPS) is 20.7. The third kappa shape index (κ3) is 3.20. The molecular weight excluding hydrogens is 212 g/mol. The predicted molar refractivity (Wildman–Crippen MR) is 70.1 cm³/mol. The van der Waals surface area contributed by atoms with E-state index >= 15 is 0 Å². The Kier molecular flexibility index (Phi) is 4.40. The van der Waals surface area contributed by atoms with E-state index < -0.39 is 0 Å². The molecule has 2 rings (SSSR count). The summed E-state index contributed by atoms with van der Waals surface area (Å²) in [7, 11) is 0. The lowest BCUT2D eigenvalue weighted by Crippen LogP contribution is -2.31. The summed E-state index contributed by atoms with van der Waals surface area (Å²) in [6, 6.07) is 8.72. The number of rotatable bonds is 5. The predicted octanol–water partition coefficient (Wildman–Crippen LogP) is 2.01. The fraction of sp³-hybridized carbons (Fsp3) is 0.571.